The van der Waals surface area contributed by atoms with Crippen molar-refractivity contribution in [2.75, 3.05) is 11.1 Å². The summed E-state index contributed by atoms with van der Waals surface area (Å²) in [5.74, 6) is 0.198. The average molecular weight is 364 g/mol. The number of carbonyl (C=O) groups is 1. The topological polar surface area (TPSA) is 70.7 Å². The van der Waals surface area contributed by atoms with Crippen LogP contribution in [0.25, 0.3) is 11.0 Å². The third kappa shape index (κ3) is 4.24. The van der Waals surface area contributed by atoms with E-state index < -0.39 is 0 Å². The predicted molar refractivity (Wildman–Crippen MR) is 105 cm³/mol. The summed E-state index contributed by atoms with van der Waals surface area (Å²) in [6.07, 6.45) is 1.38. The minimum Gasteiger partial charge on any atom is -0.325 e. The number of hydrogen-bond acceptors (Lipinski definition) is 4. The number of nitrogens with zero attached hydrogens (tertiary/aromatic N) is 3. The van der Waals surface area contributed by atoms with Crippen molar-refractivity contribution >= 4 is 34.4 Å². The minimum atomic E-state index is -0.0712. The Balaban J connectivity index is 1.68. The second-order valence-electron chi connectivity index (χ2n) is 5.83. The molecule has 0 aliphatic rings. The monoisotopic (exact) mass is 364 g/mol. The van der Waals surface area contributed by atoms with Crippen LogP contribution in [0.2, 0.25) is 0 Å². The summed E-state index contributed by atoms with van der Waals surface area (Å²) in [4.78, 5) is 16.9. The summed E-state index contributed by atoms with van der Waals surface area (Å²) in [5.41, 5.74) is 3.90. The zero-order chi connectivity index (χ0) is 18.4. The molecule has 0 atom stereocenters. The number of aromatic nitrogens is 2. The third-order valence-electron chi connectivity index (χ3n) is 4.05. The molecule has 0 bridgehead atoms. The van der Waals surface area contributed by atoms with Gasteiger partial charge in [-0.05, 0) is 36.2 Å². The lowest BCUT2D eigenvalue weighted by molar-refractivity contribution is -0.113. The summed E-state index contributed by atoms with van der Waals surface area (Å²) in [7, 11) is 0. The highest BCUT2D eigenvalue weighted by molar-refractivity contribution is 7.99. The molecular weight excluding hydrogens is 344 g/mol. The van der Waals surface area contributed by atoms with E-state index in [9.17, 15) is 4.79 Å². The molecule has 2 aromatic carbocycles. The van der Waals surface area contributed by atoms with Gasteiger partial charge in [-0.25, -0.2) is 4.98 Å². The molecule has 0 saturated heterocycles. The number of amides is 1. The van der Waals surface area contributed by atoms with E-state index in [1.807, 2.05) is 53.1 Å². The Labute approximate surface area is 157 Å². The third-order valence-corrected chi connectivity index (χ3v) is 5.02. The summed E-state index contributed by atoms with van der Waals surface area (Å²) >= 11 is 1.39. The van der Waals surface area contributed by atoms with Crippen LogP contribution >= 0.6 is 11.8 Å². The van der Waals surface area contributed by atoms with Crippen molar-refractivity contribution in [3.05, 3.63) is 54.1 Å². The van der Waals surface area contributed by atoms with E-state index in [1.165, 1.54) is 17.3 Å². The molecule has 5 nitrogen and oxygen atoms in total. The van der Waals surface area contributed by atoms with Crippen LogP contribution in [0.15, 0.2) is 53.7 Å². The van der Waals surface area contributed by atoms with E-state index in [2.05, 4.69) is 23.3 Å². The van der Waals surface area contributed by atoms with E-state index in [4.69, 9.17) is 5.26 Å². The van der Waals surface area contributed by atoms with Crippen molar-refractivity contribution in [1.29, 1.82) is 5.26 Å². The Bertz CT molecular complexity index is 941. The molecule has 3 rings (SSSR count). The number of anilines is 1. The molecule has 132 valence electrons. The largest absolute Gasteiger partial charge is 0.325 e. The molecule has 26 heavy (non-hydrogen) atoms. The van der Waals surface area contributed by atoms with E-state index >= 15 is 0 Å². The Morgan fingerprint density at radius 2 is 2.00 bits per heavy atom. The van der Waals surface area contributed by atoms with Gasteiger partial charge in [0.05, 0.1) is 29.3 Å². The fraction of sp³-hybridized carbons (Fsp3) is 0.250. The highest BCUT2D eigenvalue weighted by atomic mass is 32.2. The molecule has 0 unspecified atom stereocenters. The number of carbonyl (C=O) groups excluding carboxylic acids is 1. The number of aryl methyl sites for hydroxylation is 2. The van der Waals surface area contributed by atoms with Gasteiger partial charge in [-0.3, -0.25) is 4.79 Å². The fourth-order valence-corrected chi connectivity index (χ4v) is 3.53. The van der Waals surface area contributed by atoms with Gasteiger partial charge in [0.25, 0.3) is 0 Å². The van der Waals surface area contributed by atoms with E-state index in [0.29, 0.717) is 13.0 Å². The van der Waals surface area contributed by atoms with Gasteiger partial charge in [0.2, 0.25) is 5.91 Å². The Kier molecular flexibility index (Phi) is 5.92. The quantitative estimate of drug-likeness (QED) is 0.637. The number of nitriles is 1. The summed E-state index contributed by atoms with van der Waals surface area (Å²) < 4.78 is 2.01. The molecule has 0 aliphatic carbocycles. The van der Waals surface area contributed by atoms with Gasteiger partial charge in [-0.15, -0.1) is 0 Å². The number of nitrogens with one attached hydrogen (secondary N) is 1. The zero-order valence-electron chi connectivity index (χ0n) is 14.6. The molecular formula is C20H20N4OS. The average Bonchev–Trinajstić information content (AvgIpc) is 3.03. The molecule has 0 fully saturated rings. The van der Waals surface area contributed by atoms with Crippen molar-refractivity contribution in [3.63, 3.8) is 0 Å². The van der Waals surface area contributed by atoms with Crippen molar-refractivity contribution in [2.24, 2.45) is 0 Å². The van der Waals surface area contributed by atoms with E-state index in [1.54, 1.807) is 0 Å². The van der Waals surface area contributed by atoms with E-state index in [0.717, 1.165) is 28.3 Å². The lowest BCUT2D eigenvalue weighted by Gasteiger charge is -2.08. The van der Waals surface area contributed by atoms with Crippen molar-refractivity contribution in [3.8, 4) is 6.07 Å². The Hall–Kier alpha value is -2.78. The van der Waals surface area contributed by atoms with Gasteiger partial charge >= 0.3 is 0 Å². The van der Waals surface area contributed by atoms with Crippen LogP contribution in [0.5, 0.6) is 0 Å². The maximum atomic E-state index is 12.3. The van der Waals surface area contributed by atoms with Crippen LogP contribution in [0.4, 0.5) is 5.69 Å². The highest BCUT2D eigenvalue weighted by Gasteiger charge is 2.12. The highest BCUT2D eigenvalue weighted by Crippen LogP contribution is 2.24. The first-order chi connectivity index (χ1) is 12.7. The molecule has 1 heterocycles. The molecule has 0 saturated carbocycles. The molecule has 1 amide bonds. The normalized spacial score (nSPS) is 10.6. The molecule has 0 radical (unpaired) electrons. The SMILES string of the molecule is CCc1ccc(NC(=O)CSc2nc3ccccc3n2CCC#N)cc1. The second-order valence-corrected chi connectivity index (χ2v) is 6.77. The zero-order valence-corrected chi connectivity index (χ0v) is 15.4. The minimum absolute atomic E-state index is 0.0712. The standard InChI is InChI=1S/C20H20N4OS/c1-2-15-8-10-16(11-9-15)22-19(25)14-26-20-23-17-6-3-4-7-18(17)24(20)13-5-12-21/h3-4,6-11H,2,5,13-14H2,1H3,(H,22,25). The number of imidazole rings is 1. The Morgan fingerprint density at radius 3 is 2.73 bits per heavy atom. The van der Waals surface area contributed by atoms with Crippen molar-refractivity contribution in [1.82, 2.24) is 9.55 Å². The van der Waals surface area contributed by atoms with E-state index in [-0.39, 0.29) is 11.7 Å². The van der Waals surface area contributed by atoms with Gasteiger partial charge in [0.15, 0.2) is 5.16 Å². The molecule has 1 N–H and O–H groups in total. The number of rotatable bonds is 7. The van der Waals surface area contributed by atoms with Crippen molar-refractivity contribution < 1.29 is 4.79 Å². The smallest absolute Gasteiger partial charge is 0.234 e. The van der Waals surface area contributed by atoms with Gasteiger partial charge in [0.1, 0.15) is 0 Å². The number of hydrogen-bond donors (Lipinski definition) is 1. The first-order valence-corrected chi connectivity index (χ1v) is 9.53. The number of benzene rings is 2. The summed E-state index contributed by atoms with van der Waals surface area (Å²) in [5, 5.41) is 12.6. The maximum absolute atomic E-state index is 12.3. The summed E-state index contributed by atoms with van der Waals surface area (Å²) in [6, 6.07) is 17.9. The van der Waals surface area contributed by atoms with Crippen LogP contribution in [-0.4, -0.2) is 21.2 Å². The summed E-state index contributed by atoms with van der Waals surface area (Å²) in [6.45, 7) is 2.67. The van der Waals surface area contributed by atoms with Gasteiger partial charge in [-0.1, -0.05) is 43.0 Å². The number of para-hydroxylation sites is 2. The van der Waals surface area contributed by atoms with Gasteiger partial charge < -0.3 is 9.88 Å². The second kappa shape index (κ2) is 8.54. The van der Waals surface area contributed by atoms with Crippen LogP contribution in [-0.2, 0) is 17.8 Å². The maximum Gasteiger partial charge on any atom is 0.234 e. The first-order valence-electron chi connectivity index (χ1n) is 8.55. The van der Waals surface area contributed by atoms with Gasteiger partial charge in [0, 0.05) is 12.2 Å². The van der Waals surface area contributed by atoms with Crippen LogP contribution in [0.1, 0.15) is 18.9 Å². The number of fused-ring (bicyclic) bond motifs is 1. The van der Waals surface area contributed by atoms with Crippen LogP contribution < -0.4 is 5.32 Å². The number of thioether (sulfide) groups is 1. The lowest BCUT2D eigenvalue weighted by atomic mass is 10.1. The fourth-order valence-electron chi connectivity index (χ4n) is 2.69. The molecule has 1 aromatic heterocycles. The van der Waals surface area contributed by atoms with Crippen LogP contribution in [0, 0.1) is 11.3 Å². The molecule has 0 spiro atoms. The molecule has 3 aromatic rings. The predicted octanol–water partition coefficient (Wildman–Crippen LogP) is 4.24. The molecule has 6 heteroatoms. The van der Waals surface area contributed by atoms with Crippen molar-refractivity contribution in [2.45, 2.75) is 31.5 Å². The van der Waals surface area contributed by atoms with Gasteiger partial charge in [-0.2, -0.15) is 5.26 Å². The molecule has 0 aliphatic heterocycles. The Morgan fingerprint density at radius 1 is 1.23 bits per heavy atom. The first kappa shape index (κ1) is 18.0. The van der Waals surface area contributed by atoms with Crippen LogP contribution in [0.3, 0.4) is 0 Å². The lowest BCUT2D eigenvalue weighted by Crippen LogP contribution is -2.14.